The molecule has 0 unspecified atom stereocenters. The van der Waals surface area contributed by atoms with Crippen LogP contribution in [0.25, 0.3) is 0 Å². The Morgan fingerprint density at radius 2 is 2.27 bits per heavy atom. The summed E-state index contributed by atoms with van der Waals surface area (Å²) in [5.74, 6) is 0.574. The zero-order valence-electron chi connectivity index (χ0n) is 8.30. The van der Waals surface area contributed by atoms with E-state index < -0.39 is 0 Å². The summed E-state index contributed by atoms with van der Waals surface area (Å²) < 4.78 is 6.94. The number of hydrogen-bond acceptors (Lipinski definition) is 3. The Kier molecular flexibility index (Phi) is 2.33. The maximum Gasteiger partial charge on any atom is 0.223 e. The van der Waals surface area contributed by atoms with Crippen molar-refractivity contribution in [2.24, 2.45) is 0 Å². The van der Waals surface area contributed by atoms with Crippen molar-refractivity contribution < 1.29 is 9.52 Å². The predicted molar refractivity (Wildman–Crippen MR) is 54.9 cm³/mol. The molecule has 15 heavy (non-hydrogen) atoms. The number of hydrogen-bond donors (Lipinski definition) is 1. The molecule has 0 radical (unpaired) electrons. The average Bonchev–Trinajstić information content (AvgIpc) is 2.72. The molecule has 2 aromatic heterocycles. The summed E-state index contributed by atoms with van der Waals surface area (Å²) >= 11 is 0. The Balaban J connectivity index is 2.38. The van der Waals surface area contributed by atoms with Gasteiger partial charge in [0.1, 0.15) is 5.76 Å². The van der Waals surface area contributed by atoms with E-state index in [1.54, 1.807) is 30.0 Å². The van der Waals surface area contributed by atoms with Crippen molar-refractivity contribution in [3.05, 3.63) is 52.3 Å². The molecule has 0 aromatic carbocycles. The van der Waals surface area contributed by atoms with Crippen LogP contribution in [0.3, 0.4) is 0 Å². The van der Waals surface area contributed by atoms with E-state index in [1.807, 2.05) is 6.07 Å². The number of pyridine rings is 1. The van der Waals surface area contributed by atoms with Crippen molar-refractivity contribution >= 4 is 0 Å². The minimum absolute atomic E-state index is 0.205. The first-order valence-corrected chi connectivity index (χ1v) is 4.60. The molecule has 0 amide bonds. The smallest absolute Gasteiger partial charge is 0.223 e. The van der Waals surface area contributed by atoms with Crippen LogP contribution in [0.15, 0.2) is 39.9 Å². The van der Waals surface area contributed by atoms with Gasteiger partial charge in [0.05, 0.1) is 18.5 Å². The first-order chi connectivity index (χ1) is 7.18. The molecule has 4 heteroatoms. The molecule has 2 aromatic rings. The summed E-state index contributed by atoms with van der Waals surface area (Å²) in [6, 6.07) is 4.98. The van der Waals surface area contributed by atoms with Gasteiger partial charge in [-0.2, -0.15) is 0 Å². The van der Waals surface area contributed by atoms with E-state index in [0.717, 1.165) is 5.76 Å². The van der Waals surface area contributed by atoms with Gasteiger partial charge in [0.15, 0.2) is 5.75 Å². The largest absolute Gasteiger partial charge is 0.503 e. The molecule has 0 saturated carbocycles. The highest BCUT2D eigenvalue weighted by Gasteiger charge is 2.06. The monoisotopic (exact) mass is 205 g/mol. The minimum Gasteiger partial charge on any atom is -0.503 e. The second-order valence-corrected chi connectivity index (χ2v) is 3.32. The van der Waals surface area contributed by atoms with Crippen molar-refractivity contribution in [1.82, 2.24) is 4.57 Å². The van der Waals surface area contributed by atoms with Crippen LogP contribution in [0.2, 0.25) is 0 Å². The van der Waals surface area contributed by atoms with Gasteiger partial charge in [0.2, 0.25) is 5.43 Å². The summed E-state index contributed by atoms with van der Waals surface area (Å²) in [6.07, 6.45) is 3.23. The fourth-order valence-corrected chi connectivity index (χ4v) is 1.40. The van der Waals surface area contributed by atoms with Crippen LogP contribution in [-0.2, 0) is 6.54 Å². The molecule has 2 rings (SSSR count). The third-order valence-corrected chi connectivity index (χ3v) is 2.32. The fraction of sp³-hybridized carbons (Fsp3) is 0.182. The third kappa shape index (κ3) is 1.79. The number of furan rings is 1. The first kappa shape index (κ1) is 9.58. The molecule has 0 fully saturated rings. The Bertz CT molecular complexity index is 511. The van der Waals surface area contributed by atoms with E-state index in [2.05, 4.69) is 0 Å². The van der Waals surface area contributed by atoms with Gasteiger partial charge in [-0.1, -0.05) is 0 Å². The third-order valence-electron chi connectivity index (χ3n) is 2.32. The number of rotatable bonds is 2. The summed E-state index contributed by atoms with van der Waals surface area (Å²) in [5, 5.41) is 9.45. The van der Waals surface area contributed by atoms with Crippen molar-refractivity contribution in [2.45, 2.75) is 13.5 Å². The van der Waals surface area contributed by atoms with Crippen molar-refractivity contribution in [2.75, 3.05) is 0 Å². The van der Waals surface area contributed by atoms with Gasteiger partial charge in [-0.3, -0.25) is 4.79 Å². The molecule has 0 saturated heterocycles. The zero-order valence-corrected chi connectivity index (χ0v) is 8.30. The Morgan fingerprint density at radius 3 is 2.93 bits per heavy atom. The van der Waals surface area contributed by atoms with Crippen LogP contribution in [0.1, 0.15) is 11.5 Å². The van der Waals surface area contributed by atoms with Crippen molar-refractivity contribution in [3.8, 4) is 5.75 Å². The Hall–Kier alpha value is -1.97. The lowest BCUT2D eigenvalue weighted by Gasteiger charge is -2.09. The van der Waals surface area contributed by atoms with Gasteiger partial charge in [-0.05, 0) is 19.1 Å². The molecule has 2 heterocycles. The van der Waals surface area contributed by atoms with Crippen LogP contribution in [-0.4, -0.2) is 9.67 Å². The van der Waals surface area contributed by atoms with Crippen LogP contribution < -0.4 is 5.43 Å². The second kappa shape index (κ2) is 3.65. The lowest BCUT2D eigenvalue weighted by Crippen LogP contribution is -2.10. The Labute approximate surface area is 86.4 Å². The van der Waals surface area contributed by atoms with Crippen LogP contribution in [0.5, 0.6) is 5.75 Å². The normalized spacial score (nSPS) is 10.5. The van der Waals surface area contributed by atoms with E-state index in [-0.39, 0.29) is 11.2 Å². The average molecular weight is 205 g/mol. The van der Waals surface area contributed by atoms with E-state index in [1.165, 1.54) is 6.07 Å². The first-order valence-electron chi connectivity index (χ1n) is 4.60. The molecule has 1 N–H and O–H groups in total. The fourth-order valence-electron chi connectivity index (χ4n) is 1.40. The molecule has 0 bridgehead atoms. The lowest BCUT2D eigenvalue weighted by molar-refractivity contribution is 0.447. The molecule has 78 valence electrons. The van der Waals surface area contributed by atoms with Gasteiger partial charge in [-0.15, -0.1) is 0 Å². The molecule has 0 aliphatic carbocycles. The molecule has 0 aliphatic rings. The SMILES string of the molecule is Cc1c(O)c(=O)ccn1Cc1ccco1. The highest BCUT2D eigenvalue weighted by atomic mass is 16.3. The van der Waals surface area contributed by atoms with Crippen molar-refractivity contribution in [1.29, 1.82) is 0 Å². The van der Waals surface area contributed by atoms with E-state index >= 15 is 0 Å². The Morgan fingerprint density at radius 1 is 1.47 bits per heavy atom. The second-order valence-electron chi connectivity index (χ2n) is 3.32. The lowest BCUT2D eigenvalue weighted by atomic mass is 10.3. The van der Waals surface area contributed by atoms with Gasteiger partial charge in [-0.25, -0.2) is 0 Å². The van der Waals surface area contributed by atoms with Crippen molar-refractivity contribution in [3.63, 3.8) is 0 Å². The number of aromatic hydroxyl groups is 1. The van der Waals surface area contributed by atoms with Gasteiger partial charge in [0.25, 0.3) is 0 Å². The highest BCUT2D eigenvalue weighted by Crippen LogP contribution is 2.11. The summed E-state index contributed by atoms with van der Waals surface area (Å²) in [4.78, 5) is 11.1. The minimum atomic E-state index is -0.358. The molecular formula is C11H11NO3. The van der Waals surface area contributed by atoms with Crippen LogP contribution >= 0.6 is 0 Å². The maximum absolute atomic E-state index is 11.1. The molecule has 0 spiro atoms. The van der Waals surface area contributed by atoms with Crippen LogP contribution in [0.4, 0.5) is 0 Å². The highest BCUT2D eigenvalue weighted by molar-refractivity contribution is 5.25. The molecule has 0 atom stereocenters. The molecule has 0 aliphatic heterocycles. The van der Waals surface area contributed by atoms with Crippen LogP contribution in [0, 0.1) is 6.92 Å². The topological polar surface area (TPSA) is 55.4 Å². The van der Waals surface area contributed by atoms with Gasteiger partial charge >= 0.3 is 0 Å². The zero-order chi connectivity index (χ0) is 10.8. The van der Waals surface area contributed by atoms with E-state index in [9.17, 15) is 9.90 Å². The standard InChI is InChI=1S/C11H11NO3/c1-8-11(14)10(13)4-5-12(8)7-9-3-2-6-15-9/h2-6,14H,7H2,1H3. The summed E-state index contributed by atoms with van der Waals surface area (Å²) in [6.45, 7) is 2.20. The maximum atomic E-state index is 11.1. The number of aromatic nitrogens is 1. The van der Waals surface area contributed by atoms with Gasteiger partial charge in [0, 0.05) is 12.3 Å². The van der Waals surface area contributed by atoms with E-state index in [0.29, 0.717) is 12.2 Å². The molecule has 4 nitrogen and oxygen atoms in total. The summed E-state index contributed by atoms with van der Waals surface area (Å²) in [5.41, 5.74) is 0.182. The molecular weight excluding hydrogens is 194 g/mol. The quantitative estimate of drug-likeness (QED) is 0.808. The number of nitrogens with zero attached hydrogens (tertiary/aromatic N) is 1. The van der Waals surface area contributed by atoms with Gasteiger partial charge < -0.3 is 14.1 Å². The summed E-state index contributed by atoms with van der Waals surface area (Å²) in [7, 11) is 0. The van der Waals surface area contributed by atoms with E-state index in [4.69, 9.17) is 4.42 Å². The predicted octanol–water partition coefficient (Wildman–Crippen LogP) is 1.50.